The van der Waals surface area contributed by atoms with Crippen molar-refractivity contribution in [2.75, 3.05) is 6.61 Å². The number of piperidine rings is 2. The van der Waals surface area contributed by atoms with Crippen LogP contribution >= 0.6 is 0 Å². The van der Waals surface area contributed by atoms with Crippen LogP contribution < -0.4 is 11.3 Å². The smallest absolute Gasteiger partial charge is 0.344 e. The quantitative estimate of drug-likeness (QED) is 0.368. The zero-order chi connectivity index (χ0) is 27.5. The molecule has 10 nitrogen and oxygen atoms in total. The first-order valence-electron chi connectivity index (χ1n) is 14.4. The van der Waals surface area contributed by atoms with Crippen molar-refractivity contribution in [3.8, 4) is 0 Å². The number of amides is 1. The number of carbonyl (C=O) groups is 2. The summed E-state index contributed by atoms with van der Waals surface area (Å²) >= 11 is 0. The Hall–Kier alpha value is -3.27. The molecule has 1 aromatic heterocycles. The number of nitrogens with two attached hydrogens (primary N) is 1. The highest BCUT2D eigenvalue weighted by atomic mass is 16.6. The molecule has 1 aliphatic carbocycles. The lowest BCUT2D eigenvalue weighted by atomic mass is 9.76. The van der Waals surface area contributed by atoms with Gasteiger partial charge in [0, 0.05) is 24.2 Å². The van der Waals surface area contributed by atoms with E-state index in [1.807, 2.05) is 18.2 Å². The Morgan fingerprint density at radius 1 is 1.05 bits per heavy atom. The van der Waals surface area contributed by atoms with E-state index in [-0.39, 0.29) is 11.7 Å². The fourth-order valence-electron chi connectivity index (χ4n) is 7.43. The summed E-state index contributed by atoms with van der Waals surface area (Å²) < 4.78 is 1.77. The highest BCUT2D eigenvalue weighted by Gasteiger charge is 2.43. The van der Waals surface area contributed by atoms with Crippen molar-refractivity contribution in [3.05, 3.63) is 40.3 Å². The minimum absolute atomic E-state index is 0.0557. The van der Waals surface area contributed by atoms with Crippen LogP contribution in [0, 0.1) is 5.92 Å². The summed E-state index contributed by atoms with van der Waals surface area (Å²) in [4.78, 5) is 49.2. The second-order valence-electron chi connectivity index (χ2n) is 11.4. The lowest BCUT2D eigenvalue weighted by Crippen LogP contribution is -2.58. The van der Waals surface area contributed by atoms with E-state index in [1.54, 1.807) is 10.6 Å². The summed E-state index contributed by atoms with van der Waals surface area (Å²) in [6.07, 6.45) is 12.9. The molecule has 10 heteroatoms. The number of primary amides is 1. The predicted octanol–water partition coefficient (Wildman–Crippen LogP) is 3.60. The first-order chi connectivity index (χ1) is 18.9. The van der Waals surface area contributed by atoms with E-state index < -0.39 is 29.8 Å². The fraction of sp³-hybridized carbons (Fsp3) is 0.621. The number of aliphatic carboxylic acids is 1. The molecule has 2 aliphatic heterocycles. The third-order valence-corrected chi connectivity index (χ3v) is 8.84. The number of carboxylic acid groups (broad SMARTS) is 1. The number of carboxylic acids is 1. The van der Waals surface area contributed by atoms with Crippen molar-refractivity contribution >= 4 is 28.6 Å². The molecule has 1 unspecified atom stereocenters. The number of oxime groups is 1. The molecule has 3 N–H and O–H groups in total. The average Bonchev–Trinajstić information content (AvgIpc) is 2.90. The van der Waals surface area contributed by atoms with E-state index in [0.717, 1.165) is 31.6 Å². The second kappa shape index (κ2) is 11.9. The number of aromatic nitrogens is 2. The lowest BCUT2D eigenvalue weighted by molar-refractivity contribution is -0.142. The molecule has 1 aromatic carbocycles. The van der Waals surface area contributed by atoms with Gasteiger partial charge in [-0.25, -0.2) is 9.78 Å². The van der Waals surface area contributed by atoms with Gasteiger partial charge in [-0.2, -0.15) is 0 Å². The van der Waals surface area contributed by atoms with E-state index in [2.05, 4.69) is 22.0 Å². The number of carbonyl (C=O) groups excluding carboxylic acids is 1. The molecule has 210 valence electrons. The number of rotatable bonds is 9. The van der Waals surface area contributed by atoms with Crippen LogP contribution in [0.25, 0.3) is 11.0 Å². The lowest BCUT2D eigenvalue weighted by Gasteiger charge is -2.54. The monoisotopic (exact) mass is 537 g/mol. The molecule has 2 bridgehead atoms. The standard InChI is InChI=1S/C29H39N5O5/c1-2-7-18-8-5-9-19(14-18)33-20-10-6-11-21(33)16-22(15-20)34-24-13-4-3-12-23(24)31-27(29(34)38)26(28(30)37)32-39-17-25(35)36/h3-4,12-13,18-22H,2,5-11,14-17H2,1H3,(H2,30,37)(H,35,36)/b32-26-/t18?,19-,20-,21+,22+/m0/s1. The van der Waals surface area contributed by atoms with E-state index in [0.29, 0.717) is 29.2 Å². The summed E-state index contributed by atoms with van der Waals surface area (Å²) in [7, 11) is 0. The maximum absolute atomic E-state index is 14.0. The summed E-state index contributed by atoms with van der Waals surface area (Å²) in [6, 6.07) is 8.77. The Morgan fingerprint density at radius 2 is 1.72 bits per heavy atom. The Morgan fingerprint density at radius 3 is 2.38 bits per heavy atom. The topological polar surface area (TPSA) is 140 Å². The minimum atomic E-state index is -1.26. The number of nitrogens with zero attached hydrogens (tertiary/aromatic N) is 4. The van der Waals surface area contributed by atoms with Gasteiger partial charge in [0.05, 0.1) is 11.0 Å². The summed E-state index contributed by atoms with van der Waals surface area (Å²) in [5.41, 5.74) is 5.65. The first kappa shape index (κ1) is 27.3. The molecule has 0 spiro atoms. The summed E-state index contributed by atoms with van der Waals surface area (Å²) in [6.45, 7) is 1.52. The van der Waals surface area contributed by atoms with E-state index in [9.17, 15) is 14.4 Å². The first-order valence-corrected chi connectivity index (χ1v) is 14.4. The van der Waals surface area contributed by atoms with Gasteiger partial charge in [-0.15, -0.1) is 0 Å². The molecule has 0 radical (unpaired) electrons. The zero-order valence-corrected chi connectivity index (χ0v) is 22.6. The molecule has 2 aromatic rings. The highest BCUT2D eigenvalue weighted by molar-refractivity contribution is 6.44. The van der Waals surface area contributed by atoms with Crippen molar-refractivity contribution in [1.82, 2.24) is 14.5 Å². The van der Waals surface area contributed by atoms with Gasteiger partial charge in [-0.05, 0) is 56.6 Å². The third-order valence-electron chi connectivity index (χ3n) is 8.84. The largest absolute Gasteiger partial charge is 0.479 e. The van der Waals surface area contributed by atoms with Crippen LogP contribution in [0.15, 0.2) is 34.2 Å². The molecule has 39 heavy (non-hydrogen) atoms. The Balaban J connectivity index is 1.50. The van der Waals surface area contributed by atoms with Crippen LogP contribution in [0.1, 0.15) is 89.3 Å². The Labute approximate surface area is 228 Å². The van der Waals surface area contributed by atoms with Gasteiger partial charge < -0.3 is 20.2 Å². The molecular formula is C29H39N5O5. The number of fused-ring (bicyclic) bond motifs is 3. The minimum Gasteiger partial charge on any atom is -0.479 e. The van der Waals surface area contributed by atoms with Crippen molar-refractivity contribution in [3.63, 3.8) is 0 Å². The molecule has 1 saturated carbocycles. The SMILES string of the molecule is CCCC1CCC[C@H](N2[C@@H]3CCC[C@H]2C[C@@H](n2c(=O)c(/C(=N/OCC(=O)O)C(N)=O)nc4ccccc42)C3)C1. The predicted molar refractivity (Wildman–Crippen MR) is 148 cm³/mol. The molecular weight excluding hydrogens is 498 g/mol. The van der Waals surface area contributed by atoms with E-state index in [4.69, 9.17) is 15.7 Å². The van der Waals surface area contributed by atoms with Crippen LogP contribution in [0.5, 0.6) is 0 Å². The zero-order valence-electron chi connectivity index (χ0n) is 22.6. The Kier molecular flexibility index (Phi) is 8.30. The second-order valence-corrected chi connectivity index (χ2v) is 11.4. The van der Waals surface area contributed by atoms with E-state index in [1.165, 1.54) is 44.9 Å². The van der Waals surface area contributed by atoms with Crippen molar-refractivity contribution in [1.29, 1.82) is 0 Å². The van der Waals surface area contributed by atoms with Crippen molar-refractivity contribution in [2.45, 2.75) is 102 Å². The highest BCUT2D eigenvalue weighted by Crippen LogP contribution is 2.44. The normalized spacial score (nSPS) is 27.8. The maximum atomic E-state index is 14.0. The molecule has 5 atom stereocenters. The van der Waals surface area contributed by atoms with E-state index >= 15 is 0 Å². The van der Waals surface area contributed by atoms with Crippen LogP contribution in [0.3, 0.4) is 0 Å². The van der Waals surface area contributed by atoms with Gasteiger partial charge in [-0.1, -0.05) is 56.3 Å². The molecule has 3 fully saturated rings. The van der Waals surface area contributed by atoms with Crippen LogP contribution in [0.4, 0.5) is 0 Å². The van der Waals surface area contributed by atoms with Gasteiger partial charge >= 0.3 is 5.97 Å². The number of hydrogen-bond donors (Lipinski definition) is 2. The maximum Gasteiger partial charge on any atom is 0.344 e. The van der Waals surface area contributed by atoms with Crippen LogP contribution in [-0.4, -0.2) is 61.9 Å². The molecule has 1 amide bonds. The van der Waals surface area contributed by atoms with Crippen LogP contribution in [-0.2, 0) is 14.4 Å². The van der Waals surface area contributed by atoms with Gasteiger partial charge in [-0.3, -0.25) is 14.5 Å². The van der Waals surface area contributed by atoms with Gasteiger partial charge in [0.1, 0.15) is 0 Å². The Bertz CT molecular complexity index is 1290. The number of para-hydroxylation sites is 2. The van der Waals surface area contributed by atoms with Gasteiger partial charge in [0.15, 0.2) is 11.4 Å². The molecule has 3 heterocycles. The molecule has 2 saturated heterocycles. The van der Waals surface area contributed by atoms with Crippen molar-refractivity contribution < 1.29 is 19.5 Å². The number of hydrogen-bond acceptors (Lipinski definition) is 7. The summed E-state index contributed by atoms with van der Waals surface area (Å²) in [5, 5.41) is 12.5. The fourth-order valence-corrected chi connectivity index (χ4v) is 7.43. The van der Waals surface area contributed by atoms with Gasteiger partial charge in [0.25, 0.3) is 11.5 Å². The van der Waals surface area contributed by atoms with Crippen molar-refractivity contribution in [2.24, 2.45) is 16.8 Å². The summed E-state index contributed by atoms with van der Waals surface area (Å²) in [5.74, 6) is -1.45. The average molecular weight is 538 g/mol. The molecule has 5 rings (SSSR count). The van der Waals surface area contributed by atoms with Gasteiger partial charge in [0.2, 0.25) is 6.61 Å². The third kappa shape index (κ3) is 5.71. The molecule has 3 aliphatic rings. The number of benzene rings is 1. The van der Waals surface area contributed by atoms with Crippen LogP contribution in [0.2, 0.25) is 0 Å².